The molecule has 1 saturated heterocycles. The van der Waals surface area contributed by atoms with Crippen molar-refractivity contribution in [2.24, 2.45) is 0 Å². The Bertz CT molecular complexity index is 639. The van der Waals surface area contributed by atoms with Crippen LogP contribution in [0.2, 0.25) is 0 Å². The van der Waals surface area contributed by atoms with Gasteiger partial charge < -0.3 is 10.2 Å². The maximum Gasteiger partial charge on any atom is 0.238 e. The lowest BCUT2D eigenvalue weighted by atomic mass is 10.3. The molecule has 5 nitrogen and oxygen atoms in total. The number of nitrogens with zero attached hydrogens (tertiary/aromatic N) is 3. The van der Waals surface area contributed by atoms with Gasteiger partial charge in [-0.15, -0.1) is 0 Å². The van der Waals surface area contributed by atoms with Crippen molar-refractivity contribution in [3.63, 3.8) is 0 Å². The van der Waals surface area contributed by atoms with Crippen molar-refractivity contribution in [2.45, 2.75) is 0 Å². The normalized spacial score (nSPS) is 15.4. The van der Waals surface area contributed by atoms with Crippen LogP contribution in [-0.2, 0) is 4.79 Å². The third-order valence-corrected chi connectivity index (χ3v) is 4.56. The van der Waals surface area contributed by atoms with Gasteiger partial charge in [-0.3, -0.25) is 9.69 Å². The van der Waals surface area contributed by atoms with E-state index in [1.165, 1.54) is 0 Å². The van der Waals surface area contributed by atoms with Gasteiger partial charge in [0.1, 0.15) is 5.82 Å². The minimum atomic E-state index is 0.0393. The number of amides is 1. The molecular weight excluding hydrogens is 403 g/mol. The number of hydrogen-bond donors (Lipinski definition) is 1. The number of carbonyl (C=O) groups excluding carboxylic acids is 1. The predicted molar refractivity (Wildman–Crippen MR) is 101 cm³/mol. The van der Waals surface area contributed by atoms with Crippen molar-refractivity contribution in [3.8, 4) is 0 Å². The van der Waals surface area contributed by atoms with Crippen molar-refractivity contribution < 1.29 is 4.79 Å². The monoisotopic (exact) mass is 422 g/mol. The Kier molecular flexibility index (Phi) is 5.45. The SMILES string of the molecule is O=C(CN1CCN(c2ccccn2)CC1)Nc1ccc(I)cc1. The number of carbonyl (C=O) groups is 1. The van der Waals surface area contributed by atoms with E-state index in [0.717, 1.165) is 41.3 Å². The van der Waals surface area contributed by atoms with Crippen LogP contribution in [0, 0.1) is 3.57 Å². The first-order chi connectivity index (χ1) is 11.2. The van der Waals surface area contributed by atoms with Crippen LogP contribution in [0.15, 0.2) is 48.7 Å². The van der Waals surface area contributed by atoms with E-state index in [1.807, 2.05) is 48.7 Å². The van der Waals surface area contributed by atoms with E-state index in [4.69, 9.17) is 0 Å². The van der Waals surface area contributed by atoms with E-state index in [-0.39, 0.29) is 5.91 Å². The Labute approximate surface area is 149 Å². The van der Waals surface area contributed by atoms with Crippen molar-refractivity contribution in [1.82, 2.24) is 9.88 Å². The van der Waals surface area contributed by atoms with Gasteiger partial charge in [-0.2, -0.15) is 0 Å². The molecule has 1 amide bonds. The molecule has 23 heavy (non-hydrogen) atoms. The Morgan fingerprint density at radius 1 is 1.09 bits per heavy atom. The van der Waals surface area contributed by atoms with Crippen molar-refractivity contribution in [1.29, 1.82) is 0 Å². The zero-order chi connectivity index (χ0) is 16.1. The molecule has 0 spiro atoms. The molecule has 0 bridgehead atoms. The van der Waals surface area contributed by atoms with Crippen LogP contribution >= 0.6 is 22.6 Å². The van der Waals surface area contributed by atoms with E-state index in [0.29, 0.717) is 6.54 Å². The van der Waals surface area contributed by atoms with Gasteiger partial charge in [0.25, 0.3) is 0 Å². The number of halogens is 1. The van der Waals surface area contributed by atoms with Crippen LogP contribution in [0.3, 0.4) is 0 Å². The summed E-state index contributed by atoms with van der Waals surface area (Å²) in [5.41, 5.74) is 0.850. The van der Waals surface area contributed by atoms with Gasteiger partial charge in [0.15, 0.2) is 0 Å². The quantitative estimate of drug-likeness (QED) is 0.770. The minimum Gasteiger partial charge on any atom is -0.354 e. The van der Waals surface area contributed by atoms with Crippen molar-refractivity contribution in [3.05, 3.63) is 52.2 Å². The fraction of sp³-hybridized carbons (Fsp3) is 0.294. The molecule has 0 unspecified atom stereocenters. The van der Waals surface area contributed by atoms with E-state index in [9.17, 15) is 4.79 Å². The van der Waals surface area contributed by atoms with Crippen LogP contribution in [-0.4, -0.2) is 48.5 Å². The molecular formula is C17H19IN4O. The zero-order valence-electron chi connectivity index (χ0n) is 12.8. The van der Waals surface area contributed by atoms with Gasteiger partial charge in [-0.25, -0.2) is 4.98 Å². The summed E-state index contributed by atoms with van der Waals surface area (Å²) in [6.45, 7) is 3.97. The number of hydrogen-bond acceptors (Lipinski definition) is 4. The van der Waals surface area contributed by atoms with Crippen LogP contribution in [0.4, 0.5) is 11.5 Å². The third-order valence-electron chi connectivity index (χ3n) is 3.84. The molecule has 1 aromatic heterocycles. The lowest BCUT2D eigenvalue weighted by Crippen LogP contribution is -2.48. The summed E-state index contributed by atoms with van der Waals surface area (Å²) in [4.78, 5) is 21.0. The molecule has 0 aliphatic carbocycles. The molecule has 0 atom stereocenters. The fourth-order valence-corrected chi connectivity index (χ4v) is 2.97. The second-order valence-corrected chi connectivity index (χ2v) is 6.75. The Balaban J connectivity index is 1.47. The molecule has 2 aromatic rings. The van der Waals surface area contributed by atoms with Crippen LogP contribution in [0.25, 0.3) is 0 Å². The standard InChI is InChI=1S/C17H19IN4O/c18-14-4-6-15(7-5-14)20-17(23)13-21-9-11-22(12-10-21)16-3-1-2-8-19-16/h1-8H,9-13H2,(H,20,23). The number of nitrogens with one attached hydrogen (secondary N) is 1. The van der Waals surface area contributed by atoms with Gasteiger partial charge in [-0.05, 0) is 59.0 Å². The highest BCUT2D eigenvalue weighted by molar-refractivity contribution is 14.1. The highest BCUT2D eigenvalue weighted by atomic mass is 127. The molecule has 1 aliphatic heterocycles. The summed E-state index contributed by atoms with van der Waals surface area (Å²) in [5.74, 6) is 1.05. The summed E-state index contributed by atoms with van der Waals surface area (Å²) in [6, 6.07) is 13.8. The van der Waals surface area contributed by atoms with Crippen molar-refractivity contribution in [2.75, 3.05) is 42.9 Å². The van der Waals surface area contributed by atoms with Crippen LogP contribution in [0.1, 0.15) is 0 Å². The number of piperazine rings is 1. The van der Waals surface area contributed by atoms with Gasteiger partial charge in [0.2, 0.25) is 5.91 Å². The second-order valence-electron chi connectivity index (χ2n) is 5.51. The molecule has 1 N–H and O–H groups in total. The Morgan fingerprint density at radius 3 is 2.48 bits per heavy atom. The minimum absolute atomic E-state index is 0.0393. The number of benzene rings is 1. The summed E-state index contributed by atoms with van der Waals surface area (Å²) >= 11 is 2.25. The van der Waals surface area contributed by atoms with Gasteiger partial charge >= 0.3 is 0 Å². The van der Waals surface area contributed by atoms with Crippen LogP contribution < -0.4 is 10.2 Å². The fourth-order valence-electron chi connectivity index (χ4n) is 2.61. The maximum atomic E-state index is 12.1. The topological polar surface area (TPSA) is 48.5 Å². The van der Waals surface area contributed by atoms with Crippen molar-refractivity contribution >= 4 is 40.0 Å². The van der Waals surface area contributed by atoms with Crippen LogP contribution in [0.5, 0.6) is 0 Å². The number of anilines is 2. The summed E-state index contributed by atoms with van der Waals surface area (Å²) in [7, 11) is 0. The molecule has 0 saturated carbocycles. The van der Waals surface area contributed by atoms with E-state index < -0.39 is 0 Å². The van der Waals surface area contributed by atoms with E-state index >= 15 is 0 Å². The lowest BCUT2D eigenvalue weighted by molar-refractivity contribution is -0.117. The average molecular weight is 422 g/mol. The molecule has 120 valence electrons. The first-order valence-electron chi connectivity index (χ1n) is 7.64. The molecule has 3 rings (SSSR count). The summed E-state index contributed by atoms with van der Waals surface area (Å²) < 4.78 is 1.16. The smallest absolute Gasteiger partial charge is 0.238 e. The highest BCUT2D eigenvalue weighted by Crippen LogP contribution is 2.13. The zero-order valence-corrected chi connectivity index (χ0v) is 14.9. The van der Waals surface area contributed by atoms with Gasteiger partial charge in [-0.1, -0.05) is 6.07 Å². The first kappa shape index (κ1) is 16.2. The molecule has 6 heteroatoms. The number of rotatable bonds is 4. The molecule has 2 heterocycles. The Morgan fingerprint density at radius 2 is 1.83 bits per heavy atom. The molecule has 0 radical (unpaired) electrons. The number of pyridine rings is 1. The lowest BCUT2D eigenvalue weighted by Gasteiger charge is -2.34. The van der Waals surface area contributed by atoms with Gasteiger partial charge in [0.05, 0.1) is 6.54 Å². The highest BCUT2D eigenvalue weighted by Gasteiger charge is 2.19. The molecule has 1 fully saturated rings. The van der Waals surface area contributed by atoms with E-state index in [2.05, 4.69) is 42.7 Å². The third kappa shape index (κ3) is 4.65. The average Bonchev–Trinajstić information content (AvgIpc) is 2.58. The first-order valence-corrected chi connectivity index (χ1v) is 8.72. The largest absolute Gasteiger partial charge is 0.354 e. The second kappa shape index (κ2) is 7.74. The predicted octanol–water partition coefficient (Wildman–Crippen LogP) is 2.45. The maximum absolute atomic E-state index is 12.1. The molecule has 1 aromatic carbocycles. The summed E-state index contributed by atoms with van der Waals surface area (Å²) in [6.07, 6.45) is 1.82. The molecule has 1 aliphatic rings. The van der Waals surface area contributed by atoms with E-state index in [1.54, 1.807) is 0 Å². The number of aromatic nitrogens is 1. The van der Waals surface area contributed by atoms with Gasteiger partial charge in [0, 0.05) is 41.6 Å². The Hall–Kier alpha value is -1.67. The summed E-state index contributed by atoms with van der Waals surface area (Å²) in [5, 5.41) is 2.95.